The minimum Gasteiger partial charge on any atom is -0.245 e. The van der Waals surface area contributed by atoms with Gasteiger partial charge in [-0.1, -0.05) is 13.0 Å². The largest absolute Gasteiger partial charge is 0.245 e. The van der Waals surface area contributed by atoms with Gasteiger partial charge in [0.1, 0.15) is 0 Å². The molecular formula is C10H15NO2S. The molecule has 0 amide bonds. The van der Waals surface area contributed by atoms with Gasteiger partial charge in [-0.2, -0.15) is 0 Å². The molecule has 14 heavy (non-hydrogen) atoms. The van der Waals surface area contributed by atoms with E-state index in [4.69, 9.17) is 0 Å². The lowest BCUT2D eigenvalue weighted by molar-refractivity contribution is 0.535. The molecule has 0 saturated carbocycles. The van der Waals surface area contributed by atoms with Crippen molar-refractivity contribution in [3.63, 3.8) is 0 Å². The number of aromatic nitrogens is 1. The first kappa shape index (κ1) is 11.2. The first-order valence-corrected chi connectivity index (χ1v) is 6.06. The molecule has 0 aromatic carbocycles. The number of hydrogen-bond acceptors (Lipinski definition) is 3. The summed E-state index contributed by atoms with van der Waals surface area (Å²) in [6.07, 6.45) is 2.07. The van der Waals surface area contributed by atoms with Crippen LogP contribution >= 0.6 is 0 Å². The van der Waals surface area contributed by atoms with Crippen LogP contribution in [-0.2, 0) is 9.84 Å². The van der Waals surface area contributed by atoms with Gasteiger partial charge in [0.15, 0.2) is 5.03 Å². The maximum Gasteiger partial charge on any atom is 0.200 e. The Kier molecular flexibility index (Phi) is 2.95. The molecule has 0 fully saturated rings. The molecule has 0 atom stereocenters. The first-order chi connectivity index (χ1) is 6.42. The fourth-order valence-electron chi connectivity index (χ4n) is 0.979. The van der Waals surface area contributed by atoms with Gasteiger partial charge in [0.25, 0.3) is 0 Å². The normalized spacial score (nSPS) is 12.8. The Bertz CT molecular complexity index is 395. The number of pyridine rings is 1. The van der Waals surface area contributed by atoms with Gasteiger partial charge in [-0.25, -0.2) is 13.4 Å². The van der Waals surface area contributed by atoms with Crippen LogP contribution in [0.15, 0.2) is 29.4 Å². The minimum absolute atomic E-state index is 0.159. The Labute approximate surface area is 85.1 Å². The maximum atomic E-state index is 12.0. The zero-order valence-corrected chi connectivity index (χ0v) is 9.50. The Morgan fingerprint density at radius 3 is 2.43 bits per heavy atom. The molecule has 0 saturated heterocycles. The molecule has 1 rings (SSSR count). The van der Waals surface area contributed by atoms with Gasteiger partial charge in [0, 0.05) is 6.20 Å². The molecule has 0 aliphatic heterocycles. The topological polar surface area (TPSA) is 47.0 Å². The SMILES string of the molecule is CCC(C)(C)S(=O)(=O)c1ccccn1. The van der Waals surface area contributed by atoms with Crippen LogP contribution in [0, 0.1) is 0 Å². The van der Waals surface area contributed by atoms with Gasteiger partial charge < -0.3 is 0 Å². The summed E-state index contributed by atoms with van der Waals surface area (Å²) in [6, 6.07) is 4.93. The fraction of sp³-hybridized carbons (Fsp3) is 0.500. The van der Waals surface area contributed by atoms with Crippen molar-refractivity contribution in [1.82, 2.24) is 4.98 Å². The van der Waals surface area contributed by atoms with Crippen LogP contribution in [0.1, 0.15) is 27.2 Å². The standard InChI is InChI=1S/C10H15NO2S/c1-4-10(2,3)14(12,13)9-7-5-6-8-11-9/h5-8H,4H2,1-3H3. The number of rotatable bonds is 3. The van der Waals surface area contributed by atoms with E-state index in [-0.39, 0.29) is 5.03 Å². The lowest BCUT2D eigenvalue weighted by Crippen LogP contribution is -2.31. The van der Waals surface area contributed by atoms with E-state index in [0.717, 1.165) is 0 Å². The predicted octanol–water partition coefficient (Wildman–Crippen LogP) is 2.04. The van der Waals surface area contributed by atoms with E-state index < -0.39 is 14.6 Å². The highest BCUT2D eigenvalue weighted by atomic mass is 32.2. The van der Waals surface area contributed by atoms with Gasteiger partial charge in [-0.15, -0.1) is 0 Å². The zero-order chi connectivity index (χ0) is 10.8. The Morgan fingerprint density at radius 1 is 1.36 bits per heavy atom. The summed E-state index contributed by atoms with van der Waals surface area (Å²) < 4.78 is 23.3. The molecule has 3 nitrogen and oxygen atoms in total. The summed E-state index contributed by atoms with van der Waals surface area (Å²) in [5.74, 6) is 0. The molecule has 1 heterocycles. The highest BCUT2D eigenvalue weighted by Gasteiger charge is 2.34. The second kappa shape index (κ2) is 3.69. The average Bonchev–Trinajstić information content (AvgIpc) is 2.19. The van der Waals surface area contributed by atoms with Gasteiger partial charge in [0.2, 0.25) is 9.84 Å². The Morgan fingerprint density at radius 2 is 2.00 bits per heavy atom. The van der Waals surface area contributed by atoms with E-state index in [2.05, 4.69) is 4.98 Å². The summed E-state index contributed by atoms with van der Waals surface area (Å²) in [5.41, 5.74) is 0. The summed E-state index contributed by atoms with van der Waals surface area (Å²) in [4.78, 5) is 3.88. The maximum absolute atomic E-state index is 12.0. The van der Waals surface area contributed by atoms with Crippen LogP contribution < -0.4 is 0 Å². The molecule has 0 aliphatic rings. The zero-order valence-electron chi connectivity index (χ0n) is 8.69. The molecule has 0 unspecified atom stereocenters. The van der Waals surface area contributed by atoms with Crippen LogP contribution in [0.4, 0.5) is 0 Å². The smallest absolute Gasteiger partial charge is 0.200 e. The van der Waals surface area contributed by atoms with Crippen molar-refractivity contribution in [3.05, 3.63) is 24.4 Å². The number of nitrogens with zero attached hydrogens (tertiary/aromatic N) is 1. The van der Waals surface area contributed by atoms with Crippen LogP contribution in [-0.4, -0.2) is 18.1 Å². The molecule has 0 radical (unpaired) electrons. The van der Waals surface area contributed by atoms with Gasteiger partial charge in [-0.3, -0.25) is 0 Å². The molecule has 1 aromatic rings. The molecule has 0 N–H and O–H groups in total. The Balaban J connectivity index is 3.23. The second-order valence-electron chi connectivity index (χ2n) is 3.78. The lowest BCUT2D eigenvalue weighted by atomic mass is 10.1. The average molecular weight is 213 g/mol. The molecule has 78 valence electrons. The third-order valence-electron chi connectivity index (χ3n) is 2.49. The van der Waals surface area contributed by atoms with Crippen molar-refractivity contribution < 1.29 is 8.42 Å². The van der Waals surface area contributed by atoms with Crippen molar-refractivity contribution in [3.8, 4) is 0 Å². The highest BCUT2D eigenvalue weighted by molar-refractivity contribution is 7.92. The van der Waals surface area contributed by atoms with E-state index in [1.165, 1.54) is 12.3 Å². The molecule has 0 spiro atoms. The minimum atomic E-state index is -3.30. The molecule has 0 bridgehead atoms. The van der Waals surface area contributed by atoms with Crippen LogP contribution in [0.5, 0.6) is 0 Å². The monoisotopic (exact) mass is 213 g/mol. The van der Waals surface area contributed by atoms with E-state index in [0.29, 0.717) is 6.42 Å². The summed E-state index contributed by atoms with van der Waals surface area (Å²) >= 11 is 0. The van der Waals surface area contributed by atoms with Gasteiger partial charge in [-0.05, 0) is 32.4 Å². The van der Waals surface area contributed by atoms with E-state index in [1.807, 2.05) is 6.92 Å². The quantitative estimate of drug-likeness (QED) is 0.772. The van der Waals surface area contributed by atoms with Crippen LogP contribution in [0.25, 0.3) is 0 Å². The van der Waals surface area contributed by atoms with Gasteiger partial charge >= 0.3 is 0 Å². The van der Waals surface area contributed by atoms with Crippen molar-refractivity contribution in [1.29, 1.82) is 0 Å². The van der Waals surface area contributed by atoms with E-state index in [1.54, 1.807) is 26.0 Å². The van der Waals surface area contributed by atoms with E-state index >= 15 is 0 Å². The van der Waals surface area contributed by atoms with Crippen molar-refractivity contribution in [2.75, 3.05) is 0 Å². The highest BCUT2D eigenvalue weighted by Crippen LogP contribution is 2.26. The summed E-state index contributed by atoms with van der Waals surface area (Å²) in [5, 5.41) is 0.159. The van der Waals surface area contributed by atoms with Crippen molar-refractivity contribution in [2.24, 2.45) is 0 Å². The third kappa shape index (κ3) is 1.80. The lowest BCUT2D eigenvalue weighted by Gasteiger charge is -2.21. The molecular weight excluding hydrogens is 198 g/mol. The van der Waals surface area contributed by atoms with Crippen LogP contribution in [0.2, 0.25) is 0 Å². The second-order valence-corrected chi connectivity index (χ2v) is 6.31. The van der Waals surface area contributed by atoms with E-state index in [9.17, 15) is 8.42 Å². The third-order valence-corrected chi connectivity index (χ3v) is 5.03. The number of hydrogen-bond donors (Lipinski definition) is 0. The van der Waals surface area contributed by atoms with Crippen molar-refractivity contribution >= 4 is 9.84 Å². The molecule has 4 heteroatoms. The first-order valence-electron chi connectivity index (χ1n) is 4.57. The van der Waals surface area contributed by atoms with Crippen LogP contribution in [0.3, 0.4) is 0 Å². The molecule has 0 aliphatic carbocycles. The Hall–Kier alpha value is -0.900. The summed E-state index contributed by atoms with van der Waals surface area (Å²) in [6.45, 7) is 5.30. The molecule has 1 aromatic heterocycles. The number of sulfone groups is 1. The van der Waals surface area contributed by atoms with Crippen molar-refractivity contribution in [2.45, 2.75) is 37.0 Å². The summed E-state index contributed by atoms with van der Waals surface area (Å²) in [7, 11) is -3.30. The predicted molar refractivity (Wildman–Crippen MR) is 55.8 cm³/mol. The van der Waals surface area contributed by atoms with Gasteiger partial charge in [0.05, 0.1) is 4.75 Å². The fourth-order valence-corrected chi connectivity index (χ4v) is 2.38.